The van der Waals surface area contributed by atoms with Gasteiger partial charge < -0.3 is 4.74 Å². The molecule has 2 aliphatic rings. The van der Waals surface area contributed by atoms with Crippen LogP contribution in [0, 0.1) is 11.3 Å². The summed E-state index contributed by atoms with van der Waals surface area (Å²) >= 11 is 0. The maximum atomic E-state index is 8.47. The normalized spacial score (nSPS) is 34.1. The Morgan fingerprint density at radius 2 is 1.87 bits per heavy atom. The van der Waals surface area contributed by atoms with E-state index >= 15 is 0 Å². The van der Waals surface area contributed by atoms with Crippen LogP contribution in [-0.2, 0) is 14.7 Å². The van der Waals surface area contributed by atoms with Crippen LogP contribution in [0.1, 0.15) is 26.7 Å². The van der Waals surface area contributed by atoms with E-state index in [1.807, 2.05) is 6.92 Å². The molecule has 126 valence electrons. The predicted octanol–water partition coefficient (Wildman–Crippen LogP) is 2.06. The molecule has 0 fully saturated rings. The molecule has 0 amide bonds. The number of rotatable bonds is 4. The zero-order valence-electron chi connectivity index (χ0n) is 12.8. The van der Waals surface area contributed by atoms with E-state index in [2.05, 4.69) is 40.7 Å². The van der Waals surface area contributed by atoms with Crippen LogP contribution in [0.4, 0.5) is 0 Å². The number of fused-ring (bicyclic) bond motifs is 1. The molecule has 0 aliphatic carbocycles. The molecule has 2 aliphatic heterocycles. The maximum absolute atomic E-state index is 8.47. The van der Waals surface area contributed by atoms with Gasteiger partial charge in [0, 0.05) is 12.3 Å². The highest BCUT2D eigenvalue weighted by molar-refractivity contribution is 6.12. The predicted molar refractivity (Wildman–Crippen MR) is 76.3 cm³/mol. The number of nitrogens with zero attached hydrogens (tertiary/aromatic N) is 6. The van der Waals surface area contributed by atoms with Gasteiger partial charge in [0.1, 0.15) is 11.4 Å². The first-order chi connectivity index (χ1) is 10.9. The summed E-state index contributed by atoms with van der Waals surface area (Å²) in [5.74, 6) is 0.302. The van der Waals surface area contributed by atoms with Gasteiger partial charge >= 0.3 is 0 Å². The molecule has 0 aromatic heterocycles. The van der Waals surface area contributed by atoms with Gasteiger partial charge in [0.05, 0.1) is 17.7 Å². The van der Waals surface area contributed by atoms with Gasteiger partial charge in [0.2, 0.25) is 5.90 Å². The molecule has 23 heavy (non-hydrogen) atoms. The Labute approximate surface area is 130 Å². The fraction of sp³-hybridized carbons (Fsp3) is 0.727. The molecule has 2 rings (SSSR count). The molecular weight excluding hydrogens is 310 g/mol. The van der Waals surface area contributed by atoms with Gasteiger partial charge in [-0.05, 0) is 13.3 Å². The fourth-order valence-electron chi connectivity index (χ4n) is 2.83. The largest absolute Gasteiger partial charge is 0.482 e. The van der Waals surface area contributed by atoms with Crippen LogP contribution < -0.4 is 0 Å². The minimum absolute atomic E-state index is 0.152. The third-order valence-corrected chi connectivity index (χ3v) is 3.82. The third-order valence-electron chi connectivity index (χ3n) is 3.82. The van der Waals surface area contributed by atoms with Crippen LogP contribution in [0.2, 0.25) is 0 Å². The summed E-state index contributed by atoms with van der Waals surface area (Å²) in [4.78, 5) is 15.8. The van der Waals surface area contributed by atoms with Gasteiger partial charge in [0.25, 0.3) is 0 Å². The maximum Gasteiger partial charge on any atom is 0.220 e. The number of methoxy groups -OCH3 is 1. The quantitative estimate of drug-likeness (QED) is 0.407. The number of amidine groups is 2. The SMILES string of the molecule is COC1=NC2=NC(=N)C(C)CC2(N=NOO)CC1(C)N=NOO. The van der Waals surface area contributed by atoms with Gasteiger partial charge in [-0.3, -0.25) is 5.41 Å². The minimum Gasteiger partial charge on any atom is -0.482 e. The van der Waals surface area contributed by atoms with Crippen molar-refractivity contribution in [1.29, 1.82) is 5.41 Å². The Kier molecular flexibility index (Phi) is 4.65. The smallest absolute Gasteiger partial charge is 0.220 e. The monoisotopic (exact) mass is 327 g/mol. The van der Waals surface area contributed by atoms with Crippen LogP contribution in [0.3, 0.4) is 0 Å². The Balaban J connectivity index is 2.58. The molecule has 3 unspecified atom stereocenters. The summed E-state index contributed by atoms with van der Waals surface area (Å²) in [5.41, 5.74) is -2.21. The molecular formula is C11H17N7O5. The Hall–Kier alpha value is -2.47. The molecule has 3 N–H and O–H groups in total. The van der Waals surface area contributed by atoms with Crippen molar-refractivity contribution in [2.24, 2.45) is 36.7 Å². The van der Waals surface area contributed by atoms with Crippen molar-refractivity contribution in [3.8, 4) is 0 Å². The minimum atomic E-state index is -1.12. The second kappa shape index (κ2) is 6.34. The highest BCUT2D eigenvalue weighted by Gasteiger charge is 2.54. The highest BCUT2D eigenvalue weighted by atomic mass is 17.2. The first-order valence-electron chi connectivity index (χ1n) is 6.67. The molecule has 0 saturated heterocycles. The van der Waals surface area contributed by atoms with E-state index in [4.69, 9.17) is 20.7 Å². The molecule has 2 heterocycles. The van der Waals surface area contributed by atoms with Crippen molar-refractivity contribution in [3.63, 3.8) is 0 Å². The first kappa shape index (κ1) is 16.9. The van der Waals surface area contributed by atoms with Gasteiger partial charge in [-0.25, -0.2) is 15.0 Å². The fourth-order valence-corrected chi connectivity index (χ4v) is 2.83. The van der Waals surface area contributed by atoms with E-state index in [0.717, 1.165) is 0 Å². The third kappa shape index (κ3) is 3.03. The summed E-state index contributed by atoms with van der Waals surface area (Å²) in [5, 5.41) is 38.9. The number of hydrogen-bond donors (Lipinski definition) is 3. The van der Waals surface area contributed by atoms with Crippen molar-refractivity contribution in [3.05, 3.63) is 0 Å². The average molecular weight is 327 g/mol. The van der Waals surface area contributed by atoms with Gasteiger partial charge in [-0.1, -0.05) is 6.92 Å². The Morgan fingerprint density at radius 1 is 1.22 bits per heavy atom. The summed E-state index contributed by atoms with van der Waals surface area (Å²) in [6.45, 7) is 3.46. The van der Waals surface area contributed by atoms with Crippen LogP contribution in [0.5, 0.6) is 0 Å². The molecule has 0 saturated carbocycles. The number of nitrogens with one attached hydrogen (secondary N) is 1. The Bertz CT molecular complexity index is 604. The van der Waals surface area contributed by atoms with E-state index < -0.39 is 11.1 Å². The van der Waals surface area contributed by atoms with E-state index in [1.54, 1.807) is 6.92 Å². The van der Waals surface area contributed by atoms with Gasteiger partial charge in [-0.2, -0.15) is 15.5 Å². The summed E-state index contributed by atoms with van der Waals surface area (Å²) in [7, 11) is 1.40. The zero-order chi connectivity index (χ0) is 17.1. The lowest BCUT2D eigenvalue weighted by Crippen LogP contribution is -2.54. The first-order valence-corrected chi connectivity index (χ1v) is 6.67. The molecule has 0 aromatic rings. The standard InChI is InChI=1S/C11H17N7O5/c1-6-4-11(16-18-23-20)5-10(2,15-17-22-19)9(21-3)14-8(11)13-7(6)12/h6,12,19-20H,4-5H2,1-3H3. The number of aliphatic imine (C=N–C) groups is 2. The Morgan fingerprint density at radius 3 is 2.48 bits per heavy atom. The molecule has 0 bridgehead atoms. The number of hydrogen-bond acceptors (Lipinski definition) is 11. The van der Waals surface area contributed by atoms with Crippen molar-refractivity contribution in [2.45, 2.75) is 37.8 Å². The second-order valence-corrected chi connectivity index (χ2v) is 5.56. The van der Waals surface area contributed by atoms with Crippen molar-refractivity contribution in [2.75, 3.05) is 7.11 Å². The number of ether oxygens (including phenoxy) is 1. The average Bonchev–Trinajstić information content (AvgIpc) is 2.52. The molecule has 12 heteroatoms. The van der Waals surface area contributed by atoms with Crippen LogP contribution in [-0.4, -0.2) is 46.3 Å². The van der Waals surface area contributed by atoms with Crippen molar-refractivity contribution < 1.29 is 25.2 Å². The lowest BCUT2D eigenvalue weighted by atomic mass is 9.74. The van der Waals surface area contributed by atoms with Gasteiger partial charge in [-0.15, -0.1) is 10.2 Å². The van der Waals surface area contributed by atoms with E-state index in [-0.39, 0.29) is 29.9 Å². The highest BCUT2D eigenvalue weighted by Crippen LogP contribution is 2.42. The zero-order valence-corrected chi connectivity index (χ0v) is 12.8. The molecule has 0 radical (unpaired) electrons. The van der Waals surface area contributed by atoms with Gasteiger partial charge in [0.15, 0.2) is 11.4 Å². The molecule has 3 atom stereocenters. The molecule has 0 spiro atoms. The molecule has 0 aromatic carbocycles. The van der Waals surface area contributed by atoms with Crippen LogP contribution in [0.25, 0.3) is 0 Å². The summed E-state index contributed by atoms with van der Waals surface area (Å²) in [6, 6.07) is 0. The van der Waals surface area contributed by atoms with E-state index in [1.165, 1.54) is 7.11 Å². The van der Waals surface area contributed by atoms with Crippen LogP contribution in [0.15, 0.2) is 30.8 Å². The second-order valence-electron chi connectivity index (χ2n) is 5.56. The van der Waals surface area contributed by atoms with Crippen LogP contribution >= 0.6 is 0 Å². The topological polar surface area (TPSA) is 166 Å². The summed E-state index contributed by atoms with van der Waals surface area (Å²) in [6.07, 6.45) is 0.506. The van der Waals surface area contributed by atoms with E-state index in [0.29, 0.717) is 6.42 Å². The van der Waals surface area contributed by atoms with E-state index in [9.17, 15) is 0 Å². The molecule has 12 nitrogen and oxygen atoms in total. The van der Waals surface area contributed by atoms with Crippen molar-refractivity contribution >= 4 is 17.6 Å². The lowest BCUT2D eigenvalue weighted by Gasteiger charge is -2.41. The summed E-state index contributed by atoms with van der Waals surface area (Å²) < 4.78 is 5.22. The van der Waals surface area contributed by atoms with Crippen molar-refractivity contribution in [1.82, 2.24) is 0 Å². The lowest BCUT2D eigenvalue weighted by molar-refractivity contribution is -0.253.